The number of aliphatic imine (C=N–C) groups is 2. The third kappa shape index (κ3) is 4.96. The lowest BCUT2D eigenvalue weighted by Gasteiger charge is -2.22. The van der Waals surface area contributed by atoms with Crippen LogP contribution in [0.25, 0.3) is 11.8 Å². The van der Waals surface area contributed by atoms with Crippen molar-refractivity contribution in [2.45, 2.75) is 25.9 Å². The minimum atomic E-state index is -1.59. The minimum absolute atomic E-state index is 0.0194. The van der Waals surface area contributed by atoms with Gasteiger partial charge in [0.15, 0.2) is 23.7 Å². The quantitative estimate of drug-likeness (QED) is 0.213. The van der Waals surface area contributed by atoms with E-state index in [1.54, 1.807) is 6.92 Å². The number of hydrogen-bond acceptors (Lipinski definition) is 6. The highest BCUT2D eigenvalue weighted by Crippen LogP contribution is 2.28. The van der Waals surface area contributed by atoms with E-state index >= 15 is 0 Å². The number of carbonyl (C=O) groups excluding carboxylic acids is 1. The number of alkyl halides is 1. The fourth-order valence-corrected chi connectivity index (χ4v) is 3.65. The van der Waals surface area contributed by atoms with Crippen LogP contribution in [0.5, 0.6) is 0 Å². The van der Waals surface area contributed by atoms with E-state index in [9.17, 15) is 18.0 Å². The Morgan fingerprint density at radius 2 is 2.14 bits per heavy atom. The first-order valence-corrected chi connectivity index (χ1v) is 11.0. The van der Waals surface area contributed by atoms with E-state index in [1.807, 2.05) is 0 Å². The van der Waals surface area contributed by atoms with Crippen molar-refractivity contribution in [3.63, 3.8) is 0 Å². The summed E-state index contributed by atoms with van der Waals surface area (Å²) in [4.78, 5) is 24.3. The van der Waals surface area contributed by atoms with Crippen molar-refractivity contribution in [2.24, 2.45) is 33.1 Å². The maximum Gasteiger partial charge on any atom is 0.214 e. The standard InChI is InChI=1S/C25H23F3N6O2/c1-12-7-22(36-24-15(26)3-2-4-16(24)27)32-11-21(12)34-25(31)14(10-29)23(35)20-9-13-8-17(28)18(30)5-6-19(13)33-20/h2-3,5,8-12,16,33H,4,7,29-30H2,1H3,(H2,31,34). The highest BCUT2D eigenvalue weighted by atomic mass is 19.1. The van der Waals surface area contributed by atoms with E-state index in [2.05, 4.69) is 20.7 Å². The number of halogens is 3. The molecule has 186 valence electrons. The summed E-state index contributed by atoms with van der Waals surface area (Å²) in [6.45, 7) is 1.79. The normalized spacial score (nSPS) is 22.3. The van der Waals surface area contributed by atoms with Gasteiger partial charge in [-0.3, -0.25) is 4.79 Å². The number of nitrogens with one attached hydrogen (secondary N) is 1. The van der Waals surface area contributed by atoms with Gasteiger partial charge in [0, 0.05) is 36.3 Å². The van der Waals surface area contributed by atoms with Crippen molar-refractivity contribution in [2.75, 3.05) is 0 Å². The Morgan fingerprint density at radius 1 is 1.36 bits per heavy atom. The molecule has 0 saturated carbocycles. The van der Waals surface area contributed by atoms with Gasteiger partial charge in [0.2, 0.25) is 5.78 Å². The molecule has 0 fully saturated rings. The number of ether oxygens (including phenoxy) is 1. The Kier molecular flexibility index (Phi) is 6.84. The Hall–Kier alpha value is -4.50. The summed E-state index contributed by atoms with van der Waals surface area (Å²) in [5.74, 6) is -2.75. The number of allylic oxidation sites excluding steroid dienone is 7. The molecule has 0 aromatic carbocycles. The zero-order valence-corrected chi connectivity index (χ0v) is 19.2. The Bertz CT molecular complexity index is 1500. The predicted octanol–water partition coefficient (Wildman–Crippen LogP) is 2.04. The molecule has 11 heteroatoms. The number of Topliss-reactive ketones (excluding diaryl/α,β-unsaturated/α-hetero) is 1. The molecule has 4 rings (SSSR count). The van der Waals surface area contributed by atoms with Crippen molar-refractivity contribution >= 4 is 29.3 Å². The summed E-state index contributed by atoms with van der Waals surface area (Å²) in [7, 11) is 0. The third-order valence-corrected chi connectivity index (χ3v) is 5.64. The van der Waals surface area contributed by atoms with Crippen LogP contribution >= 0.6 is 0 Å². The first kappa shape index (κ1) is 24.6. The molecule has 3 aliphatic rings. The number of rotatable bonds is 5. The largest absolute Gasteiger partial charge is 0.441 e. The summed E-state index contributed by atoms with van der Waals surface area (Å²) >= 11 is 0. The number of aromatic nitrogens is 1. The van der Waals surface area contributed by atoms with E-state index < -0.39 is 29.4 Å². The summed E-state index contributed by atoms with van der Waals surface area (Å²) in [5.41, 5.74) is 20.4. The molecule has 0 bridgehead atoms. The molecule has 0 radical (unpaired) electrons. The van der Waals surface area contributed by atoms with Crippen LogP contribution in [0.3, 0.4) is 0 Å². The van der Waals surface area contributed by atoms with Crippen molar-refractivity contribution in [1.82, 2.24) is 4.98 Å². The monoisotopic (exact) mass is 496 g/mol. The number of carbonyl (C=O) groups is 1. The van der Waals surface area contributed by atoms with Crippen LogP contribution in [0.15, 0.2) is 81.1 Å². The Balaban J connectivity index is 1.57. The number of nitrogens with zero attached hydrogens (tertiary/aromatic N) is 2. The first-order valence-electron chi connectivity index (χ1n) is 11.0. The van der Waals surface area contributed by atoms with Crippen molar-refractivity contribution < 1.29 is 22.7 Å². The van der Waals surface area contributed by atoms with Crippen molar-refractivity contribution in [3.05, 3.63) is 87.3 Å². The first-order chi connectivity index (χ1) is 17.2. The van der Waals surface area contributed by atoms with Gasteiger partial charge in [-0.1, -0.05) is 18.7 Å². The third-order valence-electron chi connectivity index (χ3n) is 5.64. The average molecular weight is 496 g/mol. The molecule has 8 nitrogen and oxygen atoms in total. The van der Waals surface area contributed by atoms with E-state index in [4.69, 9.17) is 21.9 Å². The second-order valence-corrected chi connectivity index (χ2v) is 8.26. The number of H-pyrrole nitrogens is 1. The second-order valence-electron chi connectivity index (χ2n) is 8.26. The van der Waals surface area contributed by atoms with Gasteiger partial charge in [-0.25, -0.2) is 23.2 Å². The number of fused-ring (bicyclic) bond motifs is 1. The number of amidine groups is 1. The maximum atomic E-state index is 14.0. The van der Waals surface area contributed by atoms with Crippen LogP contribution in [0.4, 0.5) is 13.2 Å². The van der Waals surface area contributed by atoms with E-state index in [0.29, 0.717) is 16.3 Å². The lowest BCUT2D eigenvalue weighted by Crippen LogP contribution is -2.25. The minimum Gasteiger partial charge on any atom is -0.441 e. The summed E-state index contributed by atoms with van der Waals surface area (Å²) in [6, 6.07) is 1.43. The molecular formula is C25H23F3N6O2. The van der Waals surface area contributed by atoms with E-state index in [-0.39, 0.29) is 47.5 Å². The molecule has 0 saturated heterocycles. The SMILES string of the molecule is CC1CC(OC2=C(F)C=CCC2F)=NC=C1N=C(N)C(=CN)C(=O)c1cc2c([nH]1)=C=CC(N)=C(F)C=2. The van der Waals surface area contributed by atoms with Gasteiger partial charge in [-0.05, 0) is 18.2 Å². The summed E-state index contributed by atoms with van der Waals surface area (Å²) in [6.07, 6.45) is 5.99. The van der Waals surface area contributed by atoms with Crippen LogP contribution in [0, 0.1) is 5.92 Å². The molecular weight excluding hydrogens is 473 g/mol. The molecule has 36 heavy (non-hydrogen) atoms. The van der Waals surface area contributed by atoms with E-state index in [1.165, 1.54) is 30.5 Å². The number of ketones is 1. The number of nitrogens with two attached hydrogens (primary N) is 3. The summed E-state index contributed by atoms with van der Waals surface area (Å²) < 4.78 is 47.2. The average Bonchev–Trinajstić information content (AvgIpc) is 3.18. The van der Waals surface area contributed by atoms with Crippen LogP contribution in [0.1, 0.15) is 30.3 Å². The smallest absolute Gasteiger partial charge is 0.214 e. The molecule has 7 N–H and O–H groups in total. The topological polar surface area (TPSA) is 145 Å². The maximum absolute atomic E-state index is 14.0. The summed E-state index contributed by atoms with van der Waals surface area (Å²) in [5, 5.41) is 0.738. The molecule has 1 aromatic heterocycles. The number of aromatic amines is 1. The Morgan fingerprint density at radius 3 is 2.83 bits per heavy atom. The van der Waals surface area contributed by atoms with Gasteiger partial charge in [0.1, 0.15) is 11.7 Å². The fraction of sp³-hybridized carbons (Fsp3) is 0.200. The van der Waals surface area contributed by atoms with Crippen LogP contribution in [-0.4, -0.2) is 28.7 Å². The van der Waals surface area contributed by atoms with Gasteiger partial charge < -0.3 is 26.9 Å². The highest BCUT2D eigenvalue weighted by molar-refractivity contribution is 6.26. The predicted molar refractivity (Wildman–Crippen MR) is 130 cm³/mol. The molecule has 1 aliphatic heterocycles. The number of hydrogen-bond donors (Lipinski definition) is 4. The molecule has 0 spiro atoms. The van der Waals surface area contributed by atoms with Crippen molar-refractivity contribution in [1.29, 1.82) is 0 Å². The van der Waals surface area contributed by atoms with Gasteiger partial charge in [0.25, 0.3) is 0 Å². The van der Waals surface area contributed by atoms with Crippen LogP contribution in [-0.2, 0) is 4.74 Å². The van der Waals surface area contributed by atoms with Gasteiger partial charge in [0.05, 0.1) is 34.2 Å². The molecule has 2 heterocycles. The molecule has 1 aromatic rings. The highest BCUT2D eigenvalue weighted by Gasteiger charge is 2.26. The zero-order chi connectivity index (χ0) is 26.0. The second kappa shape index (κ2) is 10.0. The van der Waals surface area contributed by atoms with Crippen LogP contribution < -0.4 is 27.8 Å². The fourth-order valence-electron chi connectivity index (χ4n) is 3.65. The molecule has 0 amide bonds. The molecule has 2 unspecified atom stereocenters. The molecule has 2 aliphatic carbocycles. The van der Waals surface area contributed by atoms with Gasteiger partial charge in [-0.15, -0.1) is 0 Å². The van der Waals surface area contributed by atoms with E-state index in [0.717, 1.165) is 12.3 Å². The van der Waals surface area contributed by atoms with Gasteiger partial charge >= 0.3 is 0 Å². The lowest BCUT2D eigenvalue weighted by molar-refractivity contribution is 0.103. The van der Waals surface area contributed by atoms with Crippen LogP contribution in [0.2, 0.25) is 0 Å². The van der Waals surface area contributed by atoms with Crippen molar-refractivity contribution in [3.8, 4) is 0 Å². The molecule has 2 atom stereocenters. The Labute approximate surface area is 203 Å². The zero-order valence-electron chi connectivity index (χ0n) is 19.2. The lowest BCUT2D eigenvalue weighted by atomic mass is 10.0. The van der Waals surface area contributed by atoms with Gasteiger partial charge in [-0.2, -0.15) is 0 Å².